The van der Waals surface area contributed by atoms with E-state index < -0.39 is 0 Å². The third kappa shape index (κ3) is 8.67. The van der Waals surface area contributed by atoms with Gasteiger partial charge in [-0.2, -0.15) is 0 Å². The Morgan fingerprint density at radius 3 is 1.12 bits per heavy atom. The molecule has 0 atom stereocenters. The predicted molar refractivity (Wildman–Crippen MR) is 320 cm³/mol. The summed E-state index contributed by atoms with van der Waals surface area (Å²) < 4.78 is 0. The zero-order valence-corrected chi connectivity index (χ0v) is 41.4. The summed E-state index contributed by atoms with van der Waals surface area (Å²) in [7, 11) is 0. The number of fused-ring (bicyclic) bond motifs is 3. The Hall–Kier alpha value is -9.82. The highest BCUT2D eigenvalue weighted by molar-refractivity contribution is 6.22. The van der Waals surface area contributed by atoms with Crippen LogP contribution in [0, 0.1) is 0 Å². The normalized spacial score (nSPS) is 11.2. The highest BCUT2D eigenvalue weighted by Gasteiger charge is 2.24. The first-order chi connectivity index (χ1) is 37.2. The molecule has 1 heteroatoms. The monoisotopic (exact) mass is 953 g/mol. The summed E-state index contributed by atoms with van der Waals surface area (Å²) in [6.07, 6.45) is 0. The summed E-state index contributed by atoms with van der Waals surface area (Å²) in [6.45, 7) is 0. The fourth-order valence-electron chi connectivity index (χ4n) is 11.2. The van der Waals surface area contributed by atoms with Gasteiger partial charge in [0.15, 0.2) is 0 Å². The zero-order valence-electron chi connectivity index (χ0n) is 41.4. The quantitative estimate of drug-likeness (QED) is 0.117. The molecule has 1 nitrogen and oxygen atoms in total. The Labute approximate surface area is 439 Å². The molecule has 0 fully saturated rings. The number of hydrogen-bond donors (Lipinski definition) is 0. The fraction of sp³-hybridized carbons (Fsp3) is 0. The number of nitrogens with zero attached hydrogens (tertiary/aromatic N) is 1. The molecule has 13 aromatic carbocycles. The van der Waals surface area contributed by atoms with Crippen LogP contribution in [0.15, 0.2) is 309 Å². The molecule has 13 rings (SSSR count). The predicted octanol–water partition coefficient (Wildman–Crippen LogP) is 20.8. The van der Waals surface area contributed by atoms with E-state index in [0.717, 1.165) is 61.6 Å². The maximum absolute atomic E-state index is 2.48. The van der Waals surface area contributed by atoms with Crippen LogP contribution in [0.25, 0.3) is 111 Å². The van der Waals surface area contributed by atoms with Crippen molar-refractivity contribution in [2.45, 2.75) is 0 Å². The lowest BCUT2D eigenvalue weighted by Gasteiger charge is -2.31. The molecule has 0 aromatic heterocycles. The van der Waals surface area contributed by atoms with Crippen LogP contribution in [0.4, 0.5) is 17.1 Å². The second kappa shape index (κ2) is 20.0. The maximum atomic E-state index is 2.48. The topological polar surface area (TPSA) is 3.24 Å². The maximum Gasteiger partial charge on any atom is 0.0618 e. The molecule has 0 radical (unpaired) electrons. The van der Waals surface area contributed by atoms with Gasteiger partial charge in [-0.25, -0.2) is 0 Å². The number of anilines is 3. The standard InChI is InChI=1S/C74H51N/c1-7-23-53(24-8-1)64-47-43-60(50-70(64)56-29-13-4-14-30-56)52-41-45-62(46-42-52)75(74-65(54-25-9-2-10-26-54)39-22-40-66(74)55-27-11-3-12-28-55)63-36-21-35-59(49-63)61-44-48-68-67-37-19-20-38-69(67)72(57-31-15-5-16-32-57)73(71(68)51-61)58-33-17-6-18-34-58/h1-51H. The third-order valence-corrected chi connectivity index (χ3v) is 14.7. The lowest BCUT2D eigenvalue weighted by molar-refractivity contribution is 1.28. The molecular weight excluding hydrogens is 903 g/mol. The molecule has 0 heterocycles. The average molecular weight is 954 g/mol. The number of benzene rings is 13. The molecule has 13 aromatic rings. The van der Waals surface area contributed by atoms with Gasteiger partial charge in [0.25, 0.3) is 0 Å². The summed E-state index contributed by atoms with van der Waals surface area (Å²) in [5, 5.41) is 4.96. The van der Waals surface area contributed by atoms with Crippen LogP contribution >= 0.6 is 0 Å². The van der Waals surface area contributed by atoms with Gasteiger partial charge in [-0.3, -0.25) is 0 Å². The van der Waals surface area contributed by atoms with Gasteiger partial charge in [0.1, 0.15) is 0 Å². The van der Waals surface area contributed by atoms with Gasteiger partial charge in [-0.1, -0.05) is 273 Å². The van der Waals surface area contributed by atoms with E-state index >= 15 is 0 Å². The lowest BCUT2D eigenvalue weighted by Crippen LogP contribution is -2.13. The van der Waals surface area contributed by atoms with E-state index in [1.807, 2.05) is 0 Å². The largest absolute Gasteiger partial charge is 0.309 e. The molecule has 0 N–H and O–H groups in total. The molecule has 0 bridgehead atoms. The van der Waals surface area contributed by atoms with Gasteiger partial charge in [0.2, 0.25) is 0 Å². The fourth-order valence-corrected chi connectivity index (χ4v) is 11.2. The van der Waals surface area contributed by atoms with Gasteiger partial charge in [0.05, 0.1) is 5.69 Å². The summed E-state index contributed by atoms with van der Waals surface area (Å²) >= 11 is 0. The van der Waals surface area contributed by atoms with Crippen LogP contribution in [0.3, 0.4) is 0 Å². The van der Waals surface area contributed by atoms with Gasteiger partial charge in [-0.15, -0.1) is 0 Å². The van der Waals surface area contributed by atoms with Crippen LogP contribution in [0.5, 0.6) is 0 Å². The second-order valence-electron chi connectivity index (χ2n) is 19.1. The number of hydrogen-bond acceptors (Lipinski definition) is 1. The molecule has 0 amide bonds. The van der Waals surface area contributed by atoms with Gasteiger partial charge < -0.3 is 4.90 Å². The van der Waals surface area contributed by atoms with E-state index in [1.54, 1.807) is 0 Å². The molecular formula is C74H51N. The van der Waals surface area contributed by atoms with Crippen molar-refractivity contribution in [2.75, 3.05) is 4.90 Å². The summed E-state index contributed by atoms with van der Waals surface area (Å²) in [4.78, 5) is 2.48. The van der Waals surface area contributed by atoms with Crippen LogP contribution < -0.4 is 4.90 Å². The van der Waals surface area contributed by atoms with E-state index in [0.29, 0.717) is 0 Å². The van der Waals surface area contributed by atoms with Crippen molar-refractivity contribution in [3.8, 4) is 89.0 Å². The van der Waals surface area contributed by atoms with Crippen LogP contribution in [0.1, 0.15) is 0 Å². The van der Waals surface area contributed by atoms with Crippen molar-refractivity contribution in [3.05, 3.63) is 309 Å². The van der Waals surface area contributed by atoms with Crippen LogP contribution in [0.2, 0.25) is 0 Å². The first-order valence-electron chi connectivity index (χ1n) is 25.8. The average Bonchev–Trinajstić information content (AvgIpc) is 3.50. The molecule has 0 aliphatic carbocycles. The van der Waals surface area contributed by atoms with Crippen molar-refractivity contribution < 1.29 is 0 Å². The zero-order chi connectivity index (χ0) is 49.9. The Morgan fingerprint density at radius 1 is 0.173 bits per heavy atom. The first kappa shape index (κ1) is 45.1. The van der Waals surface area contributed by atoms with E-state index in [2.05, 4.69) is 314 Å². The summed E-state index contributed by atoms with van der Waals surface area (Å²) in [5.74, 6) is 0. The van der Waals surface area contributed by atoms with Crippen molar-refractivity contribution in [2.24, 2.45) is 0 Å². The lowest BCUT2D eigenvalue weighted by atomic mass is 9.84. The molecule has 352 valence electrons. The molecule has 0 unspecified atom stereocenters. The van der Waals surface area contributed by atoms with E-state index in [9.17, 15) is 0 Å². The third-order valence-electron chi connectivity index (χ3n) is 14.7. The van der Waals surface area contributed by atoms with E-state index in [1.165, 1.54) is 66.1 Å². The van der Waals surface area contributed by atoms with Crippen molar-refractivity contribution in [1.82, 2.24) is 0 Å². The smallest absolute Gasteiger partial charge is 0.0618 e. The molecule has 0 spiro atoms. The number of rotatable bonds is 11. The molecule has 0 saturated heterocycles. The van der Waals surface area contributed by atoms with E-state index in [-0.39, 0.29) is 0 Å². The highest BCUT2D eigenvalue weighted by atomic mass is 15.1. The first-order valence-corrected chi connectivity index (χ1v) is 25.8. The summed E-state index contributed by atoms with van der Waals surface area (Å²) in [6, 6.07) is 113. The number of para-hydroxylation sites is 1. The van der Waals surface area contributed by atoms with Gasteiger partial charge >= 0.3 is 0 Å². The van der Waals surface area contributed by atoms with Crippen molar-refractivity contribution in [3.63, 3.8) is 0 Å². The molecule has 0 aliphatic heterocycles. The Balaban J connectivity index is 1.01. The molecule has 75 heavy (non-hydrogen) atoms. The minimum Gasteiger partial charge on any atom is -0.309 e. The Kier molecular flexibility index (Phi) is 12.0. The minimum absolute atomic E-state index is 1.06. The van der Waals surface area contributed by atoms with E-state index in [4.69, 9.17) is 0 Å². The van der Waals surface area contributed by atoms with Gasteiger partial charge in [0, 0.05) is 22.5 Å². The second-order valence-corrected chi connectivity index (χ2v) is 19.1. The molecule has 0 saturated carbocycles. The summed E-state index contributed by atoms with van der Waals surface area (Å²) in [5.41, 5.74) is 22.1. The highest BCUT2D eigenvalue weighted by Crippen LogP contribution is 2.49. The Morgan fingerprint density at radius 2 is 0.560 bits per heavy atom. The SMILES string of the molecule is c1ccc(-c2ccc(-c3ccc(N(c4cccc(-c5ccc6c(c5)c(-c5ccccc5)c(-c5ccccc5)c5ccccc56)c4)c4c(-c5ccccc5)cccc4-c4ccccc4)cc3)cc2-c2ccccc2)cc1. The minimum atomic E-state index is 1.06. The Bertz CT molecular complexity index is 4060. The van der Waals surface area contributed by atoms with Crippen LogP contribution in [-0.4, -0.2) is 0 Å². The van der Waals surface area contributed by atoms with Gasteiger partial charge in [-0.05, 0) is 136 Å². The van der Waals surface area contributed by atoms with Crippen molar-refractivity contribution in [1.29, 1.82) is 0 Å². The van der Waals surface area contributed by atoms with Crippen molar-refractivity contribution >= 4 is 38.6 Å². The van der Waals surface area contributed by atoms with Crippen LogP contribution in [-0.2, 0) is 0 Å². The molecule has 0 aliphatic rings.